The number of piperazine rings is 1. The number of hydrogen-bond acceptors (Lipinski definition) is 7. The Kier molecular flexibility index (Phi) is 9.46. The molecule has 3 aliphatic rings. The molecule has 11 nitrogen and oxygen atoms in total. The average molecular weight is 676 g/mol. The number of benzene rings is 3. The molecule has 1 aromatic heterocycles. The number of likely N-dealkylation sites (N-methyl/N-ethyl adjacent to an activating group) is 1. The van der Waals surface area contributed by atoms with Crippen molar-refractivity contribution < 1.29 is 19.1 Å². The standard InChI is InChI=1S/C39H45N7O4/c1-42(2)38(49)31-8-4-29(5-9-31)25-45-22-23-46-34(16-17-35(46)39(45)26-50-27-39)37(48)40-24-28-6-12-32(13-7-28)41-36(47)30-10-14-33(15-11-30)44-20-18-43(3)19-21-44/h4-17H,18-27H2,1-3H3,(H,40,48)(H,41,47). The molecule has 2 saturated heterocycles. The molecule has 0 radical (unpaired) electrons. The molecule has 3 amide bonds. The second-order valence-corrected chi connectivity index (χ2v) is 13.8. The molecule has 3 aromatic carbocycles. The number of fused-ring (bicyclic) bond motifs is 2. The Balaban J connectivity index is 0.934. The van der Waals surface area contributed by atoms with E-state index in [1.54, 1.807) is 19.0 Å². The highest BCUT2D eigenvalue weighted by molar-refractivity contribution is 6.04. The van der Waals surface area contributed by atoms with E-state index in [9.17, 15) is 14.4 Å². The molecule has 11 heteroatoms. The summed E-state index contributed by atoms with van der Waals surface area (Å²) in [5.74, 6) is -0.295. The maximum atomic E-state index is 13.4. The lowest BCUT2D eigenvalue weighted by atomic mass is 9.88. The Morgan fingerprint density at radius 1 is 0.740 bits per heavy atom. The van der Waals surface area contributed by atoms with Gasteiger partial charge in [0, 0.05) is 94.6 Å². The van der Waals surface area contributed by atoms with Crippen LogP contribution in [-0.4, -0.2) is 104 Å². The van der Waals surface area contributed by atoms with Gasteiger partial charge in [0.15, 0.2) is 0 Å². The fraction of sp³-hybridized carbons (Fsp3) is 0.359. The van der Waals surface area contributed by atoms with Gasteiger partial charge in [0.2, 0.25) is 0 Å². The molecule has 7 rings (SSSR count). The molecule has 0 bridgehead atoms. The van der Waals surface area contributed by atoms with Gasteiger partial charge in [-0.25, -0.2) is 0 Å². The molecule has 0 aliphatic carbocycles. The number of anilines is 2. The summed E-state index contributed by atoms with van der Waals surface area (Å²) < 4.78 is 7.88. The molecular formula is C39H45N7O4. The zero-order chi connectivity index (χ0) is 34.8. The van der Waals surface area contributed by atoms with Gasteiger partial charge in [-0.3, -0.25) is 19.3 Å². The third-order valence-electron chi connectivity index (χ3n) is 10.2. The molecule has 2 N–H and O–H groups in total. The molecule has 3 aliphatic heterocycles. The van der Waals surface area contributed by atoms with E-state index in [1.165, 1.54) is 0 Å². The van der Waals surface area contributed by atoms with Gasteiger partial charge in [0.05, 0.1) is 13.2 Å². The van der Waals surface area contributed by atoms with Crippen molar-refractivity contribution in [1.82, 2.24) is 24.6 Å². The number of hydrogen-bond donors (Lipinski definition) is 2. The zero-order valence-corrected chi connectivity index (χ0v) is 29.0. The van der Waals surface area contributed by atoms with E-state index in [4.69, 9.17) is 4.74 Å². The highest BCUT2D eigenvalue weighted by Crippen LogP contribution is 2.41. The van der Waals surface area contributed by atoms with Crippen molar-refractivity contribution in [3.8, 4) is 0 Å². The Morgan fingerprint density at radius 3 is 2.04 bits per heavy atom. The number of amides is 3. The number of nitrogens with zero attached hydrogens (tertiary/aromatic N) is 5. The van der Waals surface area contributed by atoms with E-state index in [2.05, 4.69) is 43.0 Å². The van der Waals surface area contributed by atoms with Crippen LogP contribution >= 0.6 is 0 Å². The van der Waals surface area contributed by atoms with Crippen LogP contribution in [0.25, 0.3) is 0 Å². The zero-order valence-electron chi connectivity index (χ0n) is 29.0. The van der Waals surface area contributed by atoms with Gasteiger partial charge in [-0.15, -0.1) is 0 Å². The maximum Gasteiger partial charge on any atom is 0.268 e. The number of carbonyl (C=O) groups excluding carboxylic acids is 3. The summed E-state index contributed by atoms with van der Waals surface area (Å²) in [6.45, 7) is 7.74. The van der Waals surface area contributed by atoms with Crippen molar-refractivity contribution in [3.05, 3.63) is 119 Å². The van der Waals surface area contributed by atoms with Crippen molar-refractivity contribution in [2.45, 2.75) is 25.2 Å². The third-order valence-corrected chi connectivity index (χ3v) is 10.2. The second-order valence-electron chi connectivity index (χ2n) is 13.8. The molecule has 0 unspecified atom stereocenters. The third kappa shape index (κ3) is 6.76. The molecule has 260 valence electrons. The first-order valence-electron chi connectivity index (χ1n) is 17.3. The van der Waals surface area contributed by atoms with Crippen LogP contribution in [0.2, 0.25) is 0 Å². The van der Waals surface area contributed by atoms with E-state index >= 15 is 0 Å². The summed E-state index contributed by atoms with van der Waals surface area (Å²) in [6.07, 6.45) is 0. The first-order chi connectivity index (χ1) is 24.2. The molecule has 4 aromatic rings. The van der Waals surface area contributed by atoms with Gasteiger partial charge < -0.3 is 34.6 Å². The Bertz CT molecular complexity index is 1840. The molecule has 4 heterocycles. The Labute approximate surface area is 293 Å². The van der Waals surface area contributed by atoms with E-state index in [0.717, 1.165) is 61.8 Å². The smallest absolute Gasteiger partial charge is 0.268 e. The van der Waals surface area contributed by atoms with E-state index in [0.29, 0.717) is 48.8 Å². The lowest BCUT2D eigenvalue weighted by Crippen LogP contribution is -2.63. The number of nitrogens with one attached hydrogen (secondary N) is 2. The van der Waals surface area contributed by atoms with Crippen LogP contribution < -0.4 is 15.5 Å². The van der Waals surface area contributed by atoms with E-state index in [1.807, 2.05) is 78.9 Å². The minimum absolute atomic E-state index is 0.0124. The van der Waals surface area contributed by atoms with E-state index in [-0.39, 0.29) is 23.3 Å². The lowest BCUT2D eigenvalue weighted by molar-refractivity contribution is -0.162. The normalized spacial score (nSPS) is 17.1. The van der Waals surface area contributed by atoms with Gasteiger partial charge in [-0.2, -0.15) is 0 Å². The summed E-state index contributed by atoms with van der Waals surface area (Å²) in [6, 6.07) is 27.1. The van der Waals surface area contributed by atoms with Crippen molar-refractivity contribution in [1.29, 1.82) is 0 Å². The predicted octanol–water partition coefficient (Wildman–Crippen LogP) is 3.87. The second kappa shape index (κ2) is 14.1. The van der Waals surface area contributed by atoms with Gasteiger partial charge >= 0.3 is 0 Å². The number of rotatable bonds is 9. The summed E-state index contributed by atoms with van der Waals surface area (Å²) in [5.41, 5.74) is 6.62. The molecular weight excluding hydrogens is 630 g/mol. The number of ether oxygens (including phenoxy) is 1. The summed E-state index contributed by atoms with van der Waals surface area (Å²) in [4.78, 5) is 47.3. The van der Waals surface area contributed by atoms with Crippen molar-refractivity contribution >= 4 is 29.1 Å². The number of aromatic nitrogens is 1. The Hall–Kier alpha value is -4.97. The maximum absolute atomic E-state index is 13.4. The monoisotopic (exact) mass is 675 g/mol. The van der Waals surface area contributed by atoms with Crippen LogP contribution in [0, 0.1) is 0 Å². The quantitative estimate of drug-likeness (QED) is 0.278. The first kappa shape index (κ1) is 33.5. The minimum atomic E-state index is -0.290. The fourth-order valence-corrected chi connectivity index (χ4v) is 7.07. The molecule has 0 saturated carbocycles. The fourth-order valence-electron chi connectivity index (χ4n) is 7.07. The van der Waals surface area contributed by atoms with Crippen LogP contribution in [0.5, 0.6) is 0 Å². The first-order valence-corrected chi connectivity index (χ1v) is 17.3. The topological polar surface area (TPSA) is 102 Å². The highest BCUT2D eigenvalue weighted by Gasteiger charge is 2.50. The Morgan fingerprint density at radius 2 is 1.40 bits per heavy atom. The highest BCUT2D eigenvalue weighted by atomic mass is 16.5. The van der Waals surface area contributed by atoms with Gasteiger partial charge in [-0.05, 0) is 78.8 Å². The number of carbonyl (C=O) groups is 3. The van der Waals surface area contributed by atoms with Crippen LogP contribution in [-0.2, 0) is 29.9 Å². The van der Waals surface area contributed by atoms with Crippen LogP contribution in [0.4, 0.5) is 11.4 Å². The largest absolute Gasteiger partial charge is 0.377 e. The van der Waals surface area contributed by atoms with Gasteiger partial charge in [0.25, 0.3) is 17.7 Å². The van der Waals surface area contributed by atoms with Gasteiger partial charge in [-0.1, -0.05) is 24.3 Å². The SMILES string of the molecule is CN1CCN(c2ccc(C(=O)Nc3ccc(CNC(=O)c4ccc5n4CCN(Cc4ccc(C(=O)N(C)C)cc4)C54COC4)cc3)cc2)CC1. The molecule has 1 spiro atoms. The predicted molar refractivity (Wildman–Crippen MR) is 194 cm³/mol. The van der Waals surface area contributed by atoms with Crippen LogP contribution in [0.15, 0.2) is 84.9 Å². The molecule has 0 atom stereocenters. The van der Waals surface area contributed by atoms with E-state index < -0.39 is 0 Å². The molecule has 2 fully saturated rings. The van der Waals surface area contributed by atoms with Crippen molar-refractivity contribution in [2.75, 3.05) is 77.3 Å². The van der Waals surface area contributed by atoms with Crippen molar-refractivity contribution in [3.63, 3.8) is 0 Å². The van der Waals surface area contributed by atoms with Crippen molar-refractivity contribution in [2.24, 2.45) is 0 Å². The minimum Gasteiger partial charge on any atom is -0.377 e. The summed E-state index contributed by atoms with van der Waals surface area (Å²) >= 11 is 0. The summed E-state index contributed by atoms with van der Waals surface area (Å²) in [7, 11) is 5.65. The van der Waals surface area contributed by atoms with Crippen LogP contribution in [0.3, 0.4) is 0 Å². The lowest BCUT2D eigenvalue weighted by Gasteiger charge is -2.53. The van der Waals surface area contributed by atoms with Gasteiger partial charge in [0.1, 0.15) is 11.2 Å². The molecule has 50 heavy (non-hydrogen) atoms. The average Bonchev–Trinajstić information content (AvgIpc) is 3.55. The van der Waals surface area contributed by atoms with Crippen LogP contribution in [0.1, 0.15) is 48.0 Å². The summed E-state index contributed by atoms with van der Waals surface area (Å²) in [5, 5.41) is 6.06.